The predicted octanol–water partition coefficient (Wildman–Crippen LogP) is 2.91. The number of imidazole rings is 1. The molecule has 2 aliphatic rings. The highest BCUT2D eigenvalue weighted by atomic mass is 19.3. The van der Waals surface area contributed by atoms with Gasteiger partial charge in [0, 0.05) is 24.7 Å². The Morgan fingerprint density at radius 3 is 2.63 bits per heavy atom. The number of halogens is 2. The molecule has 3 aromatic rings. The first-order chi connectivity index (χ1) is 14.6. The second kappa shape index (κ2) is 8.20. The first kappa shape index (κ1) is 19.8. The van der Waals surface area contributed by atoms with E-state index < -0.39 is 6.43 Å². The fraction of sp³-hybridized carbons (Fsp3) is 0.619. The molecule has 0 spiro atoms. The Hall–Kier alpha value is -2.10. The SMILES string of the molecule is OC1CCN(C(c2nc3cnc4[nH]ccc4c3[nH]2)C2CCN(CC(F)F)CC2)CC1. The van der Waals surface area contributed by atoms with Crippen molar-refractivity contribution < 1.29 is 13.9 Å². The summed E-state index contributed by atoms with van der Waals surface area (Å²) in [6.45, 7) is 2.86. The molecule has 0 aromatic carbocycles. The van der Waals surface area contributed by atoms with E-state index in [0.29, 0.717) is 19.0 Å². The highest BCUT2D eigenvalue weighted by Crippen LogP contribution is 2.37. The predicted molar refractivity (Wildman–Crippen MR) is 110 cm³/mol. The van der Waals surface area contributed by atoms with Crippen molar-refractivity contribution in [2.24, 2.45) is 5.92 Å². The molecule has 0 amide bonds. The number of rotatable bonds is 5. The Morgan fingerprint density at radius 1 is 1.13 bits per heavy atom. The van der Waals surface area contributed by atoms with Gasteiger partial charge in [-0.05, 0) is 50.8 Å². The first-order valence-corrected chi connectivity index (χ1v) is 10.8. The van der Waals surface area contributed by atoms with Gasteiger partial charge in [0.1, 0.15) is 17.0 Å². The highest BCUT2D eigenvalue weighted by molar-refractivity contribution is 6.00. The monoisotopic (exact) mass is 418 g/mol. The third kappa shape index (κ3) is 3.81. The van der Waals surface area contributed by atoms with Crippen LogP contribution in [-0.4, -0.2) is 80.1 Å². The van der Waals surface area contributed by atoms with Crippen LogP contribution >= 0.6 is 0 Å². The summed E-state index contributed by atoms with van der Waals surface area (Å²) in [6, 6.07) is 2.09. The van der Waals surface area contributed by atoms with Gasteiger partial charge in [-0.1, -0.05) is 0 Å². The summed E-state index contributed by atoms with van der Waals surface area (Å²) >= 11 is 0. The van der Waals surface area contributed by atoms with Gasteiger partial charge in [0.25, 0.3) is 6.43 Å². The molecule has 9 heteroatoms. The van der Waals surface area contributed by atoms with Crippen molar-refractivity contribution >= 4 is 22.1 Å². The van der Waals surface area contributed by atoms with Crippen molar-refractivity contribution in [3.05, 3.63) is 24.3 Å². The quantitative estimate of drug-likeness (QED) is 0.593. The molecule has 2 aliphatic heterocycles. The minimum absolute atomic E-state index is 0.0904. The van der Waals surface area contributed by atoms with Gasteiger partial charge < -0.3 is 15.1 Å². The van der Waals surface area contributed by atoms with Crippen molar-refractivity contribution in [3.8, 4) is 0 Å². The number of nitrogens with one attached hydrogen (secondary N) is 2. The summed E-state index contributed by atoms with van der Waals surface area (Å²) in [5, 5.41) is 11.0. The average molecular weight is 418 g/mol. The molecule has 2 saturated heterocycles. The van der Waals surface area contributed by atoms with Crippen LogP contribution in [0.2, 0.25) is 0 Å². The molecule has 3 aromatic heterocycles. The van der Waals surface area contributed by atoms with Crippen LogP contribution in [0.1, 0.15) is 37.5 Å². The van der Waals surface area contributed by atoms with E-state index in [4.69, 9.17) is 4.98 Å². The molecule has 0 aliphatic carbocycles. The van der Waals surface area contributed by atoms with E-state index in [9.17, 15) is 13.9 Å². The standard InChI is InChI=1S/C21H28F2N6O/c22-17(23)12-28-7-2-13(3-8-28)19(29-9-4-14(30)5-10-29)21-26-16-11-25-20-15(1-6-24-20)18(16)27-21/h1,6,11,13-14,17,19,30H,2-5,7-10,12H2,(H,24,25)(H,26,27). The Morgan fingerprint density at radius 2 is 1.90 bits per heavy atom. The Bertz CT molecular complexity index is 988. The topological polar surface area (TPSA) is 84.1 Å². The van der Waals surface area contributed by atoms with Gasteiger partial charge in [0.2, 0.25) is 0 Å². The number of alkyl halides is 2. The van der Waals surface area contributed by atoms with Gasteiger partial charge >= 0.3 is 0 Å². The average Bonchev–Trinajstić information content (AvgIpc) is 3.37. The number of H-pyrrole nitrogens is 2. The van der Waals surface area contributed by atoms with Crippen LogP contribution in [0.3, 0.4) is 0 Å². The molecule has 0 radical (unpaired) electrons. The van der Waals surface area contributed by atoms with Crippen molar-refractivity contribution in [3.63, 3.8) is 0 Å². The lowest BCUT2D eigenvalue weighted by Gasteiger charge is -2.42. The van der Waals surface area contributed by atoms with Gasteiger partial charge in [-0.15, -0.1) is 0 Å². The molecule has 3 N–H and O–H groups in total. The van der Waals surface area contributed by atoms with Gasteiger partial charge in [0.05, 0.1) is 30.4 Å². The molecular formula is C21H28F2N6O. The molecular weight excluding hydrogens is 390 g/mol. The zero-order valence-electron chi connectivity index (χ0n) is 16.9. The highest BCUT2D eigenvalue weighted by Gasteiger charge is 2.36. The zero-order valence-corrected chi connectivity index (χ0v) is 16.9. The smallest absolute Gasteiger partial charge is 0.251 e. The molecule has 2 fully saturated rings. The van der Waals surface area contributed by atoms with Crippen molar-refractivity contribution in [1.29, 1.82) is 0 Å². The number of pyridine rings is 1. The van der Waals surface area contributed by atoms with Gasteiger partial charge in [-0.2, -0.15) is 0 Å². The fourth-order valence-electron chi connectivity index (χ4n) is 5.14. The molecule has 0 saturated carbocycles. The maximum atomic E-state index is 12.8. The number of hydrogen-bond donors (Lipinski definition) is 3. The zero-order chi connectivity index (χ0) is 20.7. The summed E-state index contributed by atoms with van der Waals surface area (Å²) in [5.74, 6) is 1.26. The number of aromatic nitrogens is 4. The number of aliphatic hydroxyl groups is 1. The lowest BCUT2D eigenvalue weighted by Crippen LogP contribution is -2.45. The summed E-state index contributed by atoms with van der Waals surface area (Å²) in [6.07, 6.45) is 4.38. The molecule has 5 rings (SSSR count). The van der Waals surface area contributed by atoms with E-state index in [1.807, 2.05) is 17.2 Å². The Labute approximate surface area is 173 Å². The minimum atomic E-state index is -2.28. The summed E-state index contributed by atoms with van der Waals surface area (Å²) in [5.41, 5.74) is 2.65. The largest absolute Gasteiger partial charge is 0.393 e. The van der Waals surface area contributed by atoms with Gasteiger partial charge in [-0.25, -0.2) is 18.7 Å². The fourth-order valence-corrected chi connectivity index (χ4v) is 5.14. The molecule has 7 nitrogen and oxygen atoms in total. The molecule has 0 bridgehead atoms. The van der Waals surface area contributed by atoms with Crippen LogP contribution in [-0.2, 0) is 0 Å². The summed E-state index contributed by atoms with van der Waals surface area (Å²) in [7, 11) is 0. The van der Waals surface area contributed by atoms with Crippen LogP contribution < -0.4 is 0 Å². The number of aliphatic hydroxyl groups excluding tert-OH is 1. The van der Waals surface area contributed by atoms with Crippen LogP contribution in [0.15, 0.2) is 18.5 Å². The Balaban J connectivity index is 1.45. The molecule has 1 unspecified atom stereocenters. The molecule has 5 heterocycles. The maximum absolute atomic E-state index is 12.8. The van der Waals surface area contributed by atoms with Crippen molar-refractivity contribution in [1.82, 2.24) is 29.7 Å². The van der Waals surface area contributed by atoms with Crippen molar-refractivity contribution in [2.75, 3.05) is 32.7 Å². The van der Waals surface area contributed by atoms with Crippen molar-refractivity contribution in [2.45, 2.75) is 44.3 Å². The summed E-state index contributed by atoms with van der Waals surface area (Å²) < 4.78 is 25.6. The van der Waals surface area contributed by atoms with Crippen LogP contribution in [0.5, 0.6) is 0 Å². The van der Waals surface area contributed by atoms with E-state index in [-0.39, 0.29) is 18.7 Å². The normalized spacial score (nSPS) is 21.9. The number of aromatic amines is 2. The third-order valence-corrected chi connectivity index (χ3v) is 6.71. The number of nitrogens with zero attached hydrogens (tertiary/aromatic N) is 4. The second-order valence-corrected chi connectivity index (χ2v) is 8.62. The third-order valence-electron chi connectivity index (χ3n) is 6.71. The van der Waals surface area contributed by atoms with Gasteiger partial charge in [-0.3, -0.25) is 9.80 Å². The van der Waals surface area contributed by atoms with Crippen LogP contribution in [0.25, 0.3) is 22.1 Å². The number of piperidine rings is 2. The number of hydrogen-bond acceptors (Lipinski definition) is 5. The first-order valence-electron chi connectivity index (χ1n) is 10.8. The van der Waals surface area contributed by atoms with Crippen LogP contribution in [0, 0.1) is 5.92 Å². The van der Waals surface area contributed by atoms with E-state index in [1.165, 1.54) is 0 Å². The lowest BCUT2D eigenvalue weighted by molar-refractivity contribution is 0.0160. The molecule has 30 heavy (non-hydrogen) atoms. The molecule has 1 atom stereocenters. The summed E-state index contributed by atoms with van der Waals surface area (Å²) in [4.78, 5) is 20.3. The van der Waals surface area contributed by atoms with E-state index >= 15 is 0 Å². The number of fused-ring (bicyclic) bond motifs is 3. The Kier molecular flexibility index (Phi) is 5.43. The van der Waals surface area contributed by atoms with Gasteiger partial charge in [0.15, 0.2) is 0 Å². The maximum Gasteiger partial charge on any atom is 0.251 e. The number of likely N-dealkylation sites (tertiary alicyclic amines) is 2. The molecule has 162 valence electrons. The van der Waals surface area contributed by atoms with E-state index in [0.717, 1.165) is 66.7 Å². The van der Waals surface area contributed by atoms with Crippen LogP contribution in [0.4, 0.5) is 8.78 Å². The lowest BCUT2D eigenvalue weighted by atomic mass is 9.86. The minimum Gasteiger partial charge on any atom is -0.393 e. The second-order valence-electron chi connectivity index (χ2n) is 8.62. The van der Waals surface area contributed by atoms with E-state index in [2.05, 4.69) is 19.9 Å². The van der Waals surface area contributed by atoms with E-state index in [1.54, 1.807) is 6.20 Å².